The summed E-state index contributed by atoms with van der Waals surface area (Å²) in [5, 5.41) is 3.46. The van der Waals surface area contributed by atoms with Crippen molar-refractivity contribution in [2.45, 2.75) is 52.5 Å². The van der Waals surface area contributed by atoms with E-state index in [-0.39, 0.29) is 5.82 Å². The average Bonchev–Trinajstić information content (AvgIpc) is 2.20. The highest BCUT2D eigenvalue weighted by Gasteiger charge is 2.26. The molecule has 1 N–H and O–H groups in total. The first-order valence-electron chi connectivity index (χ1n) is 6.48. The molecule has 1 nitrogen and oxygen atoms in total. The summed E-state index contributed by atoms with van der Waals surface area (Å²) in [5.41, 5.74) is 2.38. The van der Waals surface area contributed by atoms with Gasteiger partial charge in [-0.05, 0) is 61.8 Å². The van der Waals surface area contributed by atoms with Crippen LogP contribution in [0.25, 0.3) is 0 Å². The highest BCUT2D eigenvalue weighted by atomic mass is 19.1. The first-order valence-corrected chi connectivity index (χ1v) is 6.48. The Morgan fingerprint density at radius 3 is 2.41 bits per heavy atom. The van der Waals surface area contributed by atoms with E-state index in [2.05, 4.69) is 19.2 Å². The second-order valence-electron chi connectivity index (χ2n) is 6.10. The number of benzene rings is 1. The van der Waals surface area contributed by atoms with E-state index in [1.807, 2.05) is 13.0 Å². The zero-order valence-corrected chi connectivity index (χ0v) is 11.0. The molecule has 2 rings (SSSR count). The lowest BCUT2D eigenvalue weighted by molar-refractivity contribution is 0.232. The van der Waals surface area contributed by atoms with E-state index in [9.17, 15) is 4.39 Å². The molecule has 0 heterocycles. The van der Waals surface area contributed by atoms with Crippen molar-refractivity contribution < 1.29 is 4.39 Å². The lowest BCUT2D eigenvalue weighted by Gasteiger charge is -2.35. The summed E-state index contributed by atoms with van der Waals surface area (Å²) >= 11 is 0. The van der Waals surface area contributed by atoms with Gasteiger partial charge in [0.15, 0.2) is 0 Å². The van der Waals surface area contributed by atoms with Crippen LogP contribution in [0.3, 0.4) is 0 Å². The Labute approximate surface area is 103 Å². The molecule has 1 saturated carbocycles. The van der Waals surface area contributed by atoms with Crippen molar-refractivity contribution in [1.29, 1.82) is 0 Å². The highest BCUT2D eigenvalue weighted by Crippen LogP contribution is 2.36. The van der Waals surface area contributed by atoms with Gasteiger partial charge in [-0.25, -0.2) is 4.39 Å². The smallest absolute Gasteiger partial charge is 0.125 e. The van der Waals surface area contributed by atoms with Gasteiger partial charge in [-0.1, -0.05) is 13.8 Å². The Kier molecular flexibility index (Phi) is 3.41. The van der Waals surface area contributed by atoms with Crippen LogP contribution in [0, 0.1) is 18.2 Å². The molecule has 94 valence electrons. The molecule has 2 heteroatoms. The Morgan fingerprint density at radius 1 is 1.18 bits per heavy atom. The van der Waals surface area contributed by atoms with Gasteiger partial charge in [0.2, 0.25) is 0 Å². The van der Waals surface area contributed by atoms with Gasteiger partial charge in [0.1, 0.15) is 5.82 Å². The van der Waals surface area contributed by atoms with Crippen LogP contribution in [0.5, 0.6) is 0 Å². The Hall–Kier alpha value is -1.05. The minimum atomic E-state index is -0.149. The van der Waals surface area contributed by atoms with Crippen molar-refractivity contribution in [3.8, 4) is 0 Å². The quantitative estimate of drug-likeness (QED) is 0.795. The van der Waals surface area contributed by atoms with Crippen LogP contribution in [0.1, 0.15) is 45.1 Å². The van der Waals surface area contributed by atoms with Crippen LogP contribution in [0.2, 0.25) is 0 Å². The van der Waals surface area contributed by atoms with Crippen molar-refractivity contribution in [1.82, 2.24) is 0 Å². The minimum Gasteiger partial charge on any atom is -0.382 e. The van der Waals surface area contributed by atoms with Gasteiger partial charge in [-0.15, -0.1) is 0 Å². The summed E-state index contributed by atoms with van der Waals surface area (Å²) in [5.74, 6) is -0.149. The SMILES string of the molecule is Cc1cc(F)cc(NC2CCC(C)(C)CC2)c1. The summed E-state index contributed by atoms with van der Waals surface area (Å²) in [6.45, 7) is 6.59. The minimum absolute atomic E-state index is 0.149. The van der Waals surface area contributed by atoms with Crippen molar-refractivity contribution in [3.05, 3.63) is 29.6 Å². The summed E-state index contributed by atoms with van der Waals surface area (Å²) in [6.07, 6.45) is 4.86. The van der Waals surface area contributed by atoms with Crippen molar-refractivity contribution in [2.24, 2.45) is 5.41 Å². The molecule has 0 spiro atoms. The zero-order chi connectivity index (χ0) is 12.5. The van der Waals surface area contributed by atoms with E-state index in [1.54, 1.807) is 12.1 Å². The van der Waals surface area contributed by atoms with Crippen molar-refractivity contribution in [2.75, 3.05) is 5.32 Å². The monoisotopic (exact) mass is 235 g/mol. The van der Waals surface area contributed by atoms with E-state index in [1.165, 1.54) is 25.7 Å². The number of halogens is 1. The molecule has 1 fully saturated rings. The number of anilines is 1. The van der Waals surface area contributed by atoms with Crippen molar-refractivity contribution in [3.63, 3.8) is 0 Å². The second kappa shape index (κ2) is 4.67. The second-order valence-corrected chi connectivity index (χ2v) is 6.10. The number of hydrogen-bond acceptors (Lipinski definition) is 1. The Balaban J connectivity index is 1.97. The molecule has 0 atom stereocenters. The molecule has 17 heavy (non-hydrogen) atoms. The van der Waals surface area contributed by atoms with Gasteiger partial charge in [0.05, 0.1) is 0 Å². The number of aryl methyl sites for hydroxylation is 1. The molecule has 0 radical (unpaired) electrons. The zero-order valence-electron chi connectivity index (χ0n) is 11.0. The van der Waals surface area contributed by atoms with E-state index < -0.39 is 0 Å². The molecule has 0 amide bonds. The van der Waals surface area contributed by atoms with E-state index in [0.29, 0.717) is 11.5 Å². The molecule has 1 aliphatic rings. The molecule has 0 saturated heterocycles. The van der Waals surface area contributed by atoms with E-state index >= 15 is 0 Å². The Morgan fingerprint density at radius 2 is 1.82 bits per heavy atom. The van der Waals surface area contributed by atoms with E-state index in [0.717, 1.165) is 11.3 Å². The molecular formula is C15H22FN. The highest BCUT2D eigenvalue weighted by molar-refractivity contribution is 5.46. The van der Waals surface area contributed by atoms with Crippen LogP contribution in [0.4, 0.5) is 10.1 Å². The van der Waals surface area contributed by atoms with Crippen LogP contribution >= 0.6 is 0 Å². The van der Waals surface area contributed by atoms with E-state index in [4.69, 9.17) is 0 Å². The lowest BCUT2D eigenvalue weighted by Crippen LogP contribution is -2.29. The van der Waals surface area contributed by atoms with Gasteiger partial charge in [-0.2, -0.15) is 0 Å². The number of hydrogen-bond donors (Lipinski definition) is 1. The molecule has 1 aliphatic carbocycles. The van der Waals surface area contributed by atoms with Gasteiger partial charge in [-0.3, -0.25) is 0 Å². The first-order chi connectivity index (χ1) is 7.94. The predicted molar refractivity (Wildman–Crippen MR) is 70.8 cm³/mol. The van der Waals surface area contributed by atoms with Gasteiger partial charge in [0, 0.05) is 11.7 Å². The fourth-order valence-electron chi connectivity index (χ4n) is 2.60. The standard InChI is InChI=1S/C15H22FN/c1-11-8-12(16)10-14(9-11)17-13-4-6-15(2,3)7-5-13/h8-10,13,17H,4-7H2,1-3H3. The Bertz CT molecular complexity index is 368. The summed E-state index contributed by atoms with van der Waals surface area (Å²) in [4.78, 5) is 0. The topological polar surface area (TPSA) is 12.0 Å². The van der Waals surface area contributed by atoms with Crippen LogP contribution < -0.4 is 5.32 Å². The fourth-order valence-corrected chi connectivity index (χ4v) is 2.60. The molecule has 1 aromatic rings. The average molecular weight is 235 g/mol. The molecule has 0 bridgehead atoms. The van der Waals surface area contributed by atoms with Gasteiger partial charge >= 0.3 is 0 Å². The summed E-state index contributed by atoms with van der Waals surface area (Å²) in [6, 6.07) is 5.68. The largest absolute Gasteiger partial charge is 0.382 e. The maximum absolute atomic E-state index is 13.3. The lowest BCUT2D eigenvalue weighted by atomic mass is 9.75. The third-order valence-corrected chi connectivity index (χ3v) is 3.75. The third-order valence-electron chi connectivity index (χ3n) is 3.75. The van der Waals surface area contributed by atoms with Crippen LogP contribution in [-0.4, -0.2) is 6.04 Å². The molecular weight excluding hydrogens is 213 g/mol. The van der Waals surface area contributed by atoms with Gasteiger partial charge < -0.3 is 5.32 Å². The first kappa shape index (κ1) is 12.4. The van der Waals surface area contributed by atoms with Crippen molar-refractivity contribution >= 4 is 5.69 Å². The maximum atomic E-state index is 13.3. The number of rotatable bonds is 2. The summed E-state index contributed by atoms with van der Waals surface area (Å²) in [7, 11) is 0. The molecule has 0 aliphatic heterocycles. The van der Waals surface area contributed by atoms with Gasteiger partial charge in [0.25, 0.3) is 0 Å². The van der Waals surface area contributed by atoms with Crippen LogP contribution in [-0.2, 0) is 0 Å². The molecule has 1 aromatic carbocycles. The normalized spacial score (nSPS) is 20.2. The predicted octanol–water partition coefficient (Wildman–Crippen LogP) is 4.51. The maximum Gasteiger partial charge on any atom is 0.125 e. The molecule has 0 unspecified atom stereocenters. The molecule has 0 aromatic heterocycles. The number of nitrogens with one attached hydrogen (secondary N) is 1. The van der Waals surface area contributed by atoms with Crippen LogP contribution in [0.15, 0.2) is 18.2 Å². The summed E-state index contributed by atoms with van der Waals surface area (Å²) < 4.78 is 13.3. The third kappa shape index (κ3) is 3.45. The fraction of sp³-hybridized carbons (Fsp3) is 0.600.